The SMILES string of the molecule is Cc1cccc(Nc2nccnc2[C@@H]2CCCN2C(=O)c2ccnnc2)n1. The summed E-state index contributed by atoms with van der Waals surface area (Å²) in [7, 11) is 0. The van der Waals surface area contributed by atoms with Gasteiger partial charge in [-0.3, -0.25) is 9.78 Å². The summed E-state index contributed by atoms with van der Waals surface area (Å²) in [6, 6.07) is 7.28. The highest BCUT2D eigenvalue weighted by Crippen LogP contribution is 2.35. The molecule has 1 aliphatic heterocycles. The van der Waals surface area contributed by atoms with E-state index in [0.29, 0.717) is 23.7 Å². The third-order valence-electron chi connectivity index (χ3n) is 4.52. The molecule has 0 aromatic carbocycles. The molecule has 0 saturated carbocycles. The predicted octanol–water partition coefficient (Wildman–Crippen LogP) is 2.69. The van der Waals surface area contributed by atoms with Crippen LogP contribution in [0.25, 0.3) is 0 Å². The van der Waals surface area contributed by atoms with E-state index in [4.69, 9.17) is 0 Å². The molecule has 1 atom stereocenters. The fraction of sp³-hybridized carbons (Fsp3) is 0.263. The molecule has 1 saturated heterocycles. The Morgan fingerprint density at radius 2 is 2.04 bits per heavy atom. The highest BCUT2D eigenvalue weighted by molar-refractivity contribution is 5.94. The molecule has 1 fully saturated rings. The van der Waals surface area contributed by atoms with Crippen LogP contribution in [0.4, 0.5) is 11.6 Å². The van der Waals surface area contributed by atoms with Gasteiger partial charge in [-0.25, -0.2) is 9.97 Å². The normalized spacial score (nSPS) is 16.3. The number of nitrogens with zero attached hydrogens (tertiary/aromatic N) is 6. The Morgan fingerprint density at radius 1 is 1.15 bits per heavy atom. The Labute approximate surface area is 156 Å². The Hall–Kier alpha value is -3.42. The highest BCUT2D eigenvalue weighted by Gasteiger charge is 2.33. The number of carbonyl (C=O) groups excluding carboxylic acids is 1. The van der Waals surface area contributed by atoms with E-state index >= 15 is 0 Å². The zero-order valence-electron chi connectivity index (χ0n) is 14.9. The van der Waals surface area contributed by atoms with Crippen LogP contribution >= 0.6 is 0 Å². The van der Waals surface area contributed by atoms with Crippen molar-refractivity contribution in [2.24, 2.45) is 0 Å². The van der Waals surface area contributed by atoms with Crippen molar-refractivity contribution >= 4 is 17.5 Å². The number of likely N-dealkylation sites (tertiary alicyclic amines) is 1. The van der Waals surface area contributed by atoms with Crippen LogP contribution in [0.5, 0.6) is 0 Å². The van der Waals surface area contributed by atoms with Crippen LogP contribution in [-0.4, -0.2) is 42.5 Å². The number of amides is 1. The number of hydrogen-bond acceptors (Lipinski definition) is 7. The second-order valence-corrected chi connectivity index (χ2v) is 6.37. The summed E-state index contributed by atoms with van der Waals surface area (Å²) in [5.74, 6) is 1.25. The first kappa shape index (κ1) is 17.0. The van der Waals surface area contributed by atoms with Crippen molar-refractivity contribution in [3.8, 4) is 0 Å². The third kappa shape index (κ3) is 3.59. The molecule has 3 aromatic rings. The molecular formula is C19H19N7O. The summed E-state index contributed by atoms with van der Waals surface area (Å²) in [5.41, 5.74) is 2.18. The molecule has 1 aliphatic rings. The summed E-state index contributed by atoms with van der Waals surface area (Å²) in [6.45, 7) is 2.60. The molecular weight excluding hydrogens is 342 g/mol. The lowest BCUT2D eigenvalue weighted by Gasteiger charge is -2.25. The van der Waals surface area contributed by atoms with Gasteiger partial charge in [-0.15, -0.1) is 0 Å². The molecule has 1 N–H and O–H groups in total. The molecule has 3 aromatic heterocycles. The Balaban J connectivity index is 1.63. The van der Waals surface area contributed by atoms with Gasteiger partial charge in [0, 0.05) is 24.6 Å². The van der Waals surface area contributed by atoms with Gasteiger partial charge in [0.2, 0.25) is 0 Å². The maximum absolute atomic E-state index is 12.9. The number of aromatic nitrogens is 5. The van der Waals surface area contributed by atoms with E-state index < -0.39 is 0 Å². The topological polar surface area (TPSA) is 96.8 Å². The molecule has 0 radical (unpaired) electrons. The summed E-state index contributed by atoms with van der Waals surface area (Å²) >= 11 is 0. The highest BCUT2D eigenvalue weighted by atomic mass is 16.2. The smallest absolute Gasteiger partial charge is 0.256 e. The zero-order chi connectivity index (χ0) is 18.6. The first-order valence-electron chi connectivity index (χ1n) is 8.81. The number of anilines is 2. The van der Waals surface area contributed by atoms with Gasteiger partial charge in [-0.05, 0) is 38.0 Å². The number of nitrogens with one attached hydrogen (secondary N) is 1. The van der Waals surface area contributed by atoms with E-state index in [9.17, 15) is 4.79 Å². The lowest BCUT2D eigenvalue weighted by molar-refractivity contribution is 0.0732. The summed E-state index contributed by atoms with van der Waals surface area (Å²) in [6.07, 6.45) is 8.04. The fourth-order valence-corrected chi connectivity index (χ4v) is 3.30. The average molecular weight is 361 g/mol. The van der Waals surface area contributed by atoms with Gasteiger partial charge in [0.15, 0.2) is 5.82 Å². The molecule has 27 heavy (non-hydrogen) atoms. The van der Waals surface area contributed by atoms with Gasteiger partial charge < -0.3 is 10.2 Å². The molecule has 0 bridgehead atoms. The maximum atomic E-state index is 12.9. The lowest BCUT2D eigenvalue weighted by Crippen LogP contribution is -2.31. The number of rotatable bonds is 4. The molecule has 1 amide bonds. The van der Waals surface area contributed by atoms with Crippen LogP contribution in [0.15, 0.2) is 49.1 Å². The number of hydrogen-bond donors (Lipinski definition) is 1. The van der Waals surface area contributed by atoms with Crippen LogP contribution in [0.3, 0.4) is 0 Å². The van der Waals surface area contributed by atoms with Gasteiger partial charge in [-0.1, -0.05) is 6.07 Å². The monoisotopic (exact) mass is 361 g/mol. The third-order valence-corrected chi connectivity index (χ3v) is 4.52. The first-order valence-corrected chi connectivity index (χ1v) is 8.81. The van der Waals surface area contributed by atoms with Crippen molar-refractivity contribution in [2.75, 3.05) is 11.9 Å². The van der Waals surface area contributed by atoms with Gasteiger partial charge in [0.05, 0.1) is 24.0 Å². The Bertz CT molecular complexity index is 948. The van der Waals surface area contributed by atoms with E-state index in [-0.39, 0.29) is 11.9 Å². The van der Waals surface area contributed by atoms with E-state index in [1.807, 2.05) is 30.0 Å². The van der Waals surface area contributed by atoms with Crippen molar-refractivity contribution in [2.45, 2.75) is 25.8 Å². The minimum Gasteiger partial charge on any atom is -0.330 e. The molecule has 0 unspecified atom stereocenters. The lowest BCUT2D eigenvalue weighted by atomic mass is 10.1. The van der Waals surface area contributed by atoms with Gasteiger partial charge >= 0.3 is 0 Å². The fourth-order valence-electron chi connectivity index (χ4n) is 3.30. The number of aryl methyl sites for hydroxylation is 1. The van der Waals surface area contributed by atoms with Crippen molar-refractivity contribution < 1.29 is 4.79 Å². The Morgan fingerprint density at radius 3 is 2.85 bits per heavy atom. The summed E-state index contributed by atoms with van der Waals surface area (Å²) < 4.78 is 0. The molecule has 136 valence electrons. The predicted molar refractivity (Wildman–Crippen MR) is 99.3 cm³/mol. The molecule has 8 heteroatoms. The second kappa shape index (κ2) is 7.45. The minimum atomic E-state index is -0.147. The van der Waals surface area contributed by atoms with Gasteiger partial charge in [-0.2, -0.15) is 10.2 Å². The second-order valence-electron chi connectivity index (χ2n) is 6.37. The molecule has 0 spiro atoms. The van der Waals surface area contributed by atoms with Crippen LogP contribution in [0.2, 0.25) is 0 Å². The molecule has 4 heterocycles. The van der Waals surface area contributed by atoms with Crippen molar-refractivity contribution in [1.29, 1.82) is 0 Å². The van der Waals surface area contributed by atoms with Gasteiger partial charge in [0.25, 0.3) is 5.91 Å². The van der Waals surface area contributed by atoms with Gasteiger partial charge in [0.1, 0.15) is 11.5 Å². The molecule has 0 aliphatic carbocycles. The van der Waals surface area contributed by atoms with Crippen LogP contribution in [0, 0.1) is 6.92 Å². The largest absolute Gasteiger partial charge is 0.330 e. The van der Waals surface area contributed by atoms with E-state index in [0.717, 1.165) is 24.2 Å². The summed E-state index contributed by atoms with van der Waals surface area (Å²) in [4.78, 5) is 28.2. The van der Waals surface area contributed by atoms with Crippen LogP contribution < -0.4 is 5.32 Å². The minimum absolute atomic E-state index is 0.0716. The van der Waals surface area contributed by atoms with E-state index in [2.05, 4.69) is 30.5 Å². The zero-order valence-corrected chi connectivity index (χ0v) is 14.9. The maximum Gasteiger partial charge on any atom is 0.256 e. The molecule has 4 rings (SSSR count). The average Bonchev–Trinajstić information content (AvgIpc) is 3.18. The van der Waals surface area contributed by atoms with Crippen LogP contribution in [-0.2, 0) is 0 Å². The summed E-state index contributed by atoms with van der Waals surface area (Å²) in [5, 5.41) is 10.8. The van der Waals surface area contributed by atoms with E-state index in [1.165, 1.54) is 12.4 Å². The Kier molecular flexibility index (Phi) is 4.69. The number of carbonyl (C=O) groups is 1. The van der Waals surface area contributed by atoms with Crippen molar-refractivity contribution in [3.05, 3.63) is 66.0 Å². The quantitative estimate of drug-likeness (QED) is 0.763. The molecule has 8 nitrogen and oxygen atoms in total. The van der Waals surface area contributed by atoms with Crippen LogP contribution in [0.1, 0.15) is 40.6 Å². The van der Waals surface area contributed by atoms with Crippen molar-refractivity contribution in [1.82, 2.24) is 30.0 Å². The first-order chi connectivity index (χ1) is 13.2. The standard InChI is InChI=1S/C19H19N7O/c1-13-4-2-6-16(24-13)25-18-17(20-9-10-21-18)15-5-3-11-26(15)19(27)14-7-8-22-23-12-14/h2,4,6-10,12,15H,3,5,11H2,1H3,(H,21,24,25)/t15-/m0/s1. The van der Waals surface area contributed by atoms with Crippen molar-refractivity contribution in [3.63, 3.8) is 0 Å². The number of pyridine rings is 1. The van der Waals surface area contributed by atoms with E-state index in [1.54, 1.807) is 18.5 Å².